The Hall–Kier alpha value is -0.510. The lowest BCUT2D eigenvalue weighted by atomic mass is 10.0. The van der Waals surface area contributed by atoms with Crippen LogP contribution in [-0.2, 0) is 4.79 Å². The van der Waals surface area contributed by atoms with Gasteiger partial charge in [-0.2, -0.15) is 11.8 Å². The van der Waals surface area contributed by atoms with E-state index in [1.807, 2.05) is 24.3 Å². The average molecular weight is 328 g/mol. The molecule has 1 atom stereocenters. The standard InChI is InChI=1S/C17H26ClNOS/c1-2-3-4-5-8-14(20)13-17(21-12-11-19)15-9-6-7-10-16(15)18/h6-7,9-10,17H,2-5,8,11-13,19H2,1H3/t17-/m1/s1. The zero-order valence-electron chi connectivity index (χ0n) is 12.8. The topological polar surface area (TPSA) is 43.1 Å². The second-order valence-corrected chi connectivity index (χ2v) is 6.94. The summed E-state index contributed by atoms with van der Waals surface area (Å²) in [6.45, 7) is 2.80. The molecule has 1 rings (SSSR count). The SMILES string of the molecule is CCCCCCC(=O)C[C@@H](SCCN)c1ccccc1Cl. The number of hydrogen-bond donors (Lipinski definition) is 1. The summed E-state index contributed by atoms with van der Waals surface area (Å²) in [7, 11) is 0. The van der Waals surface area contributed by atoms with Crippen molar-refractivity contribution in [2.45, 2.75) is 50.7 Å². The van der Waals surface area contributed by atoms with Gasteiger partial charge in [-0.05, 0) is 18.1 Å². The number of hydrogen-bond acceptors (Lipinski definition) is 3. The van der Waals surface area contributed by atoms with Crippen LogP contribution in [0.1, 0.15) is 56.3 Å². The van der Waals surface area contributed by atoms with Crippen molar-refractivity contribution >= 4 is 29.1 Å². The first-order valence-corrected chi connectivity index (χ1v) is 9.19. The molecule has 0 spiro atoms. The number of carbonyl (C=O) groups excluding carboxylic acids is 1. The Morgan fingerprint density at radius 3 is 2.71 bits per heavy atom. The number of carbonyl (C=O) groups is 1. The Bertz CT molecular complexity index is 425. The maximum absolute atomic E-state index is 12.2. The van der Waals surface area contributed by atoms with Gasteiger partial charge in [0.05, 0.1) is 0 Å². The molecule has 0 aliphatic rings. The molecule has 0 aliphatic carbocycles. The summed E-state index contributed by atoms with van der Waals surface area (Å²) < 4.78 is 0. The van der Waals surface area contributed by atoms with Crippen molar-refractivity contribution in [2.24, 2.45) is 5.73 Å². The maximum Gasteiger partial charge on any atom is 0.134 e. The van der Waals surface area contributed by atoms with Crippen molar-refractivity contribution in [3.8, 4) is 0 Å². The van der Waals surface area contributed by atoms with E-state index in [0.29, 0.717) is 25.2 Å². The fraction of sp³-hybridized carbons (Fsp3) is 0.588. The van der Waals surface area contributed by atoms with E-state index in [1.165, 1.54) is 12.8 Å². The second-order valence-electron chi connectivity index (χ2n) is 5.22. The lowest BCUT2D eigenvalue weighted by Gasteiger charge is -2.17. The van der Waals surface area contributed by atoms with E-state index in [-0.39, 0.29) is 5.25 Å². The van der Waals surface area contributed by atoms with Crippen molar-refractivity contribution in [3.05, 3.63) is 34.9 Å². The van der Waals surface area contributed by atoms with Crippen LogP contribution in [0.3, 0.4) is 0 Å². The molecule has 1 aromatic rings. The predicted octanol–water partition coefficient (Wildman–Crippen LogP) is 5.00. The zero-order valence-corrected chi connectivity index (χ0v) is 14.4. The lowest BCUT2D eigenvalue weighted by Crippen LogP contribution is -2.09. The molecule has 0 aromatic heterocycles. The first-order chi connectivity index (χ1) is 10.2. The maximum atomic E-state index is 12.2. The summed E-state index contributed by atoms with van der Waals surface area (Å²) in [5.74, 6) is 1.18. The van der Waals surface area contributed by atoms with Crippen molar-refractivity contribution in [3.63, 3.8) is 0 Å². The normalized spacial score (nSPS) is 12.3. The number of thioether (sulfide) groups is 1. The van der Waals surface area contributed by atoms with Gasteiger partial charge in [0.15, 0.2) is 0 Å². The summed E-state index contributed by atoms with van der Waals surface area (Å²) in [6.07, 6.45) is 5.80. The van der Waals surface area contributed by atoms with E-state index in [9.17, 15) is 4.79 Å². The van der Waals surface area contributed by atoms with Crippen LogP contribution in [0.25, 0.3) is 0 Å². The smallest absolute Gasteiger partial charge is 0.134 e. The second kappa shape index (κ2) is 11.1. The van der Waals surface area contributed by atoms with E-state index < -0.39 is 0 Å². The Morgan fingerprint density at radius 1 is 1.29 bits per heavy atom. The van der Waals surface area contributed by atoms with Gasteiger partial charge < -0.3 is 5.73 Å². The molecule has 0 unspecified atom stereocenters. The van der Waals surface area contributed by atoms with Crippen LogP contribution in [0.2, 0.25) is 5.02 Å². The summed E-state index contributed by atoms with van der Waals surface area (Å²) in [5, 5.41) is 0.867. The van der Waals surface area contributed by atoms with Gasteiger partial charge in [-0.15, -0.1) is 0 Å². The van der Waals surface area contributed by atoms with Crippen LogP contribution in [0.4, 0.5) is 0 Å². The van der Waals surface area contributed by atoms with Gasteiger partial charge in [-0.25, -0.2) is 0 Å². The van der Waals surface area contributed by atoms with E-state index >= 15 is 0 Å². The molecule has 21 heavy (non-hydrogen) atoms. The summed E-state index contributed by atoms with van der Waals surface area (Å²) >= 11 is 8.00. The first-order valence-electron chi connectivity index (χ1n) is 7.76. The van der Waals surface area contributed by atoms with E-state index in [1.54, 1.807) is 11.8 Å². The first kappa shape index (κ1) is 18.5. The van der Waals surface area contributed by atoms with Crippen LogP contribution in [0.5, 0.6) is 0 Å². The molecule has 0 saturated heterocycles. The minimum atomic E-state index is 0.126. The largest absolute Gasteiger partial charge is 0.330 e. The van der Waals surface area contributed by atoms with Crippen LogP contribution >= 0.6 is 23.4 Å². The van der Waals surface area contributed by atoms with Crippen LogP contribution in [-0.4, -0.2) is 18.1 Å². The highest BCUT2D eigenvalue weighted by molar-refractivity contribution is 7.99. The molecule has 0 radical (unpaired) electrons. The minimum Gasteiger partial charge on any atom is -0.330 e. The van der Waals surface area contributed by atoms with Crippen molar-refractivity contribution in [1.82, 2.24) is 0 Å². The van der Waals surface area contributed by atoms with Gasteiger partial charge in [-0.1, -0.05) is 56.0 Å². The molecule has 2 nitrogen and oxygen atoms in total. The van der Waals surface area contributed by atoms with Gasteiger partial charge >= 0.3 is 0 Å². The molecular formula is C17H26ClNOS. The molecule has 2 N–H and O–H groups in total. The van der Waals surface area contributed by atoms with Gasteiger partial charge in [0, 0.05) is 35.4 Å². The molecular weight excluding hydrogens is 302 g/mol. The lowest BCUT2D eigenvalue weighted by molar-refractivity contribution is -0.119. The highest BCUT2D eigenvalue weighted by Gasteiger charge is 2.18. The summed E-state index contributed by atoms with van der Waals surface area (Å²) in [5.41, 5.74) is 6.65. The third-order valence-electron chi connectivity index (χ3n) is 3.41. The van der Waals surface area contributed by atoms with Crippen molar-refractivity contribution in [1.29, 1.82) is 0 Å². The molecule has 4 heteroatoms. The Labute approximate surface area is 137 Å². The molecule has 0 fully saturated rings. The van der Waals surface area contributed by atoms with Gasteiger partial charge in [0.1, 0.15) is 5.78 Å². The molecule has 0 bridgehead atoms. The number of Topliss-reactive ketones (excluding diaryl/α,β-unsaturated/α-hetero) is 1. The van der Waals surface area contributed by atoms with Gasteiger partial charge in [0.2, 0.25) is 0 Å². The highest BCUT2D eigenvalue weighted by Crippen LogP contribution is 2.36. The average Bonchev–Trinajstić information content (AvgIpc) is 2.48. The number of ketones is 1. The minimum absolute atomic E-state index is 0.126. The van der Waals surface area contributed by atoms with Crippen LogP contribution < -0.4 is 5.73 Å². The monoisotopic (exact) mass is 327 g/mol. The third kappa shape index (κ3) is 7.35. The summed E-state index contributed by atoms with van der Waals surface area (Å²) in [4.78, 5) is 12.2. The quantitative estimate of drug-likeness (QED) is 0.581. The third-order valence-corrected chi connectivity index (χ3v) is 5.05. The number of halogens is 1. The van der Waals surface area contributed by atoms with Crippen molar-refractivity contribution < 1.29 is 4.79 Å². The molecule has 0 saturated carbocycles. The summed E-state index contributed by atoms with van der Waals surface area (Å²) in [6, 6.07) is 7.80. The number of nitrogens with two attached hydrogens (primary N) is 1. The predicted molar refractivity (Wildman–Crippen MR) is 94.1 cm³/mol. The number of rotatable bonds is 11. The molecule has 0 aliphatic heterocycles. The Morgan fingerprint density at radius 2 is 2.05 bits per heavy atom. The molecule has 118 valence electrons. The highest BCUT2D eigenvalue weighted by atomic mass is 35.5. The van der Waals surface area contributed by atoms with Crippen LogP contribution in [0.15, 0.2) is 24.3 Å². The molecule has 0 heterocycles. The molecule has 1 aromatic carbocycles. The number of benzene rings is 1. The van der Waals surface area contributed by atoms with Crippen molar-refractivity contribution in [2.75, 3.05) is 12.3 Å². The number of unbranched alkanes of at least 4 members (excludes halogenated alkanes) is 3. The fourth-order valence-electron chi connectivity index (χ4n) is 2.26. The van der Waals surface area contributed by atoms with E-state index in [4.69, 9.17) is 17.3 Å². The van der Waals surface area contributed by atoms with Gasteiger partial charge in [-0.3, -0.25) is 4.79 Å². The Balaban J connectivity index is 2.58. The van der Waals surface area contributed by atoms with E-state index in [0.717, 1.165) is 29.2 Å². The van der Waals surface area contributed by atoms with Gasteiger partial charge in [0.25, 0.3) is 0 Å². The fourth-order valence-corrected chi connectivity index (χ4v) is 3.70. The van der Waals surface area contributed by atoms with Crippen LogP contribution in [0, 0.1) is 0 Å². The Kier molecular flexibility index (Phi) is 9.81. The zero-order chi connectivity index (χ0) is 15.5. The van der Waals surface area contributed by atoms with E-state index in [2.05, 4.69) is 6.92 Å². The molecule has 0 amide bonds.